The number of hydrogen-bond acceptors (Lipinski definition) is 6. The Morgan fingerprint density at radius 2 is 1.89 bits per heavy atom. The predicted octanol–water partition coefficient (Wildman–Crippen LogP) is 2.88. The average molecular weight is 530 g/mol. The van der Waals surface area contributed by atoms with Crippen LogP contribution in [0.3, 0.4) is 0 Å². The second-order valence-electron chi connectivity index (χ2n) is 10.2. The molecule has 10 heteroatoms. The maximum Gasteiger partial charge on any atom is 0.258 e. The number of aliphatic hydroxyl groups excluding tert-OH is 1. The normalized spacial score (nSPS) is 21.0. The molecular formula is C27H35N3O6S. The molecule has 0 bridgehead atoms. The Balaban J connectivity index is 1.70. The highest BCUT2D eigenvalue weighted by Gasteiger charge is 2.37. The van der Waals surface area contributed by atoms with Crippen LogP contribution >= 0.6 is 0 Å². The Labute approximate surface area is 218 Å². The lowest BCUT2D eigenvalue weighted by Gasteiger charge is -2.38. The van der Waals surface area contributed by atoms with Crippen LogP contribution in [-0.2, 0) is 14.8 Å². The molecule has 0 unspecified atom stereocenters. The Kier molecular flexibility index (Phi) is 7.91. The van der Waals surface area contributed by atoms with E-state index in [4.69, 9.17) is 4.74 Å². The fourth-order valence-corrected chi connectivity index (χ4v) is 5.56. The number of nitrogens with one attached hydrogen (secondary N) is 1. The first-order chi connectivity index (χ1) is 17.5. The number of fused-ring (bicyclic) bond motifs is 1. The first-order valence-corrected chi connectivity index (χ1v) is 14.0. The molecule has 3 atom stereocenters. The minimum absolute atomic E-state index is 0.0251. The molecule has 0 aromatic heterocycles. The first kappa shape index (κ1) is 27.1. The van der Waals surface area contributed by atoms with Crippen LogP contribution in [0.25, 0.3) is 0 Å². The molecule has 2 N–H and O–H groups in total. The van der Waals surface area contributed by atoms with Gasteiger partial charge in [0.1, 0.15) is 6.10 Å². The van der Waals surface area contributed by atoms with Crippen molar-refractivity contribution < 1.29 is 27.9 Å². The number of anilines is 1. The Hall–Kier alpha value is -2.95. The third kappa shape index (κ3) is 5.81. The van der Waals surface area contributed by atoms with Crippen LogP contribution in [0, 0.1) is 18.8 Å². The van der Waals surface area contributed by atoms with Crippen molar-refractivity contribution in [3.8, 4) is 5.75 Å². The van der Waals surface area contributed by atoms with Gasteiger partial charge in [0.25, 0.3) is 5.91 Å². The largest absolute Gasteiger partial charge is 0.486 e. The molecule has 1 heterocycles. The van der Waals surface area contributed by atoms with Crippen LogP contribution in [0.4, 0.5) is 5.69 Å². The zero-order valence-electron chi connectivity index (χ0n) is 21.7. The van der Waals surface area contributed by atoms with Crippen molar-refractivity contribution in [2.75, 3.05) is 32.1 Å². The number of carbonyl (C=O) groups excluding carboxylic acids is 2. The molecule has 2 aromatic rings. The summed E-state index contributed by atoms with van der Waals surface area (Å²) in [7, 11) is -2.29. The Bertz CT molecular complexity index is 1260. The van der Waals surface area contributed by atoms with E-state index in [-0.39, 0.29) is 59.6 Å². The van der Waals surface area contributed by atoms with Crippen molar-refractivity contribution >= 4 is 27.5 Å². The highest BCUT2D eigenvalue weighted by molar-refractivity contribution is 7.89. The van der Waals surface area contributed by atoms with Crippen LogP contribution in [-0.4, -0.2) is 73.4 Å². The van der Waals surface area contributed by atoms with Gasteiger partial charge in [-0.25, -0.2) is 8.42 Å². The number of sulfonamides is 1. The minimum Gasteiger partial charge on any atom is -0.486 e. The Morgan fingerprint density at radius 3 is 2.51 bits per heavy atom. The number of carbonyl (C=O) groups is 2. The fraction of sp³-hybridized carbons (Fsp3) is 0.481. The molecule has 0 radical (unpaired) electrons. The van der Waals surface area contributed by atoms with E-state index >= 15 is 0 Å². The van der Waals surface area contributed by atoms with Gasteiger partial charge in [0, 0.05) is 25.4 Å². The molecule has 1 saturated carbocycles. The van der Waals surface area contributed by atoms with Crippen molar-refractivity contribution in [1.82, 2.24) is 9.21 Å². The van der Waals surface area contributed by atoms with E-state index in [0.29, 0.717) is 5.69 Å². The summed E-state index contributed by atoms with van der Waals surface area (Å²) in [5.74, 6) is -0.560. The van der Waals surface area contributed by atoms with E-state index in [1.807, 2.05) is 13.8 Å². The van der Waals surface area contributed by atoms with Crippen LogP contribution in [0.5, 0.6) is 5.75 Å². The number of hydrogen-bond donors (Lipinski definition) is 2. The molecule has 2 amide bonds. The quantitative estimate of drug-likeness (QED) is 0.543. The number of likely N-dealkylation sites (N-methyl/N-ethyl adjacent to an activating group) is 1. The molecule has 1 aliphatic carbocycles. The number of nitrogens with zero attached hydrogens (tertiary/aromatic N) is 2. The zero-order chi connectivity index (χ0) is 26.9. The second-order valence-corrected chi connectivity index (χ2v) is 12.2. The number of amides is 2. The smallest absolute Gasteiger partial charge is 0.258 e. The summed E-state index contributed by atoms with van der Waals surface area (Å²) in [6.45, 7) is 5.60. The van der Waals surface area contributed by atoms with E-state index in [1.54, 1.807) is 54.3 Å². The van der Waals surface area contributed by atoms with Crippen LogP contribution < -0.4 is 10.1 Å². The summed E-state index contributed by atoms with van der Waals surface area (Å²) >= 11 is 0. The van der Waals surface area contributed by atoms with E-state index in [2.05, 4.69) is 5.32 Å². The van der Waals surface area contributed by atoms with Gasteiger partial charge in [-0.1, -0.05) is 30.7 Å². The molecule has 37 heavy (non-hydrogen) atoms. The molecule has 2 aliphatic rings. The van der Waals surface area contributed by atoms with Gasteiger partial charge in [-0.05, 0) is 51.0 Å². The van der Waals surface area contributed by atoms with Crippen molar-refractivity contribution in [1.29, 1.82) is 0 Å². The third-order valence-corrected chi connectivity index (χ3v) is 8.90. The molecule has 200 valence electrons. The third-order valence-electron chi connectivity index (χ3n) is 7.06. The SMILES string of the molecule is Cc1ccc(S(=O)(=O)N(C)C[C@H]2Oc3c(NC(=O)C4CC4)cccc3C(=O)N([C@@H](C)CO)C[C@H]2C)cc1. The summed E-state index contributed by atoms with van der Waals surface area (Å²) in [5.41, 5.74) is 1.59. The summed E-state index contributed by atoms with van der Waals surface area (Å²) in [4.78, 5) is 27.9. The topological polar surface area (TPSA) is 116 Å². The van der Waals surface area contributed by atoms with Gasteiger partial charge in [-0.3, -0.25) is 9.59 Å². The predicted molar refractivity (Wildman–Crippen MR) is 140 cm³/mol. The lowest BCUT2D eigenvalue weighted by Crippen LogP contribution is -2.50. The van der Waals surface area contributed by atoms with Gasteiger partial charge >= 0.3 is 0 Å². The zero-order valence-corrected chi connectivity index (χ0v) is 22.5. The highest BCUT2D eigenvalue weighted by Crippen LogP contribution is 2.37. The van der Waals surface area contributed by atoms with E-state index in [9.17, 15) is 23.1 Å². The van der Waals surface area contributed by atoms with Crippen molar-refractivity contribution in [2.24, 2.45) is 11.8 Å². The van der Waals surface area contributed by atoms with Crippen LogP contribution in [0.2, 0.25) is 0 Å². The maximum absolute atomic E-state index is 13.5. The standard InChI is InChI=1S/C27H35N3O6S/c1-17-8-12-21(13-9-17)37(34,35)29(4)15-24-18(2)14-30(19(3)16-31)27(33)22-6-5-7-23(25(22)36-24)28-26(32)20-10-11-20/h5-9,12-13,18-20,24,31H,10-11,14-16H2,1-4H3,(H,28,32)/t18-,19+,24-/m1/s1. The molecule has 1 aliphatic heterocycles. The molecule has 4 rings (SSSR count). The van der Waals surface area contributed by atoms with Gasteiger partial charge in [0.05, 0.1) is 35.3 Å². The summed E-state index contributed by atoms with van der Waals surface area (Å²) in [5, 5.41) is 12.7. The molecule has 9 nitrogen and oxygen atoms in total. The lowest BCUT2D eigenvalue weighted by atomic mass is 9.99. The maximum atomic E-state index is 13.5. The van der Waals surface area contributed by atoms with Gasteiger partial charge in [-0.2, -0.15) is 4.31 Å². The van der Waals surface area contributed by atoms with Crippen molar-refractivity contribution in [3.63, 3.8) is 0 Å². The van der Waals surface area contributed by atoms with Gasteiger partial charge in [-0.15, -0.1) is 0 Å². The van der Waals surface area contributed by atoms with Gasteiger partial charge in [0.15, 0.2) is 5.75 Å². The lowest BCUT2D eigenvalue weighted by molar-refractivity contribution is -0.117. The molecular weight excluding hydrogens is 494 g/mol. The van der Waals surface area contributed by atoms with E-state index in [0.717, 1.165) is 18.4 Å². The van der Waals surface area contributed by atoms with Crippen molar-refractivity contribution in [3.05, 3.63) is 53.6 Å². The van der Waals surface area contributed by atoms with Crippen molar-refractivity contribution in [2.45, 2.75) is 50.7 Å². The molecule has 2 aromatic carbocycles. The number of aliphatic hydroxyl groups is 1. The Morgan fingerprint density at radius 1 is 1.22 bits per heavy atom. The fourth-order valence-electron chi connectivity index (χ4n) is 4.38. The second kappa shape index (κ2) is 10.8. The number of rotatable bonds is 8. The number of ether oxygens (including phenoxy) is 1. The summed E-state index contributed by atoms with van der Waals surface area (Å²) < 4.78 is 34.3. The number of para-hydroxylation sites is 1. The van der Waals surface area contributed by atoms with Crippen LogP contribution in [0.15, 0.2) is 47.4 Å². The minimum atomic E-state index is -3.79. The summed E-state index contributed by atoms with van der Waals surface area (Å²) in [6, 6.07) is 11.2. The number of benzene rings is 2. The molecule has 1 fully saturated rings. The number of aryl methyl sites for hydroxylation is 1. The molecule has 0 saturated heterocycles. The van der Waals surface area contributed by atoms with E-state index in [1.165, 1.54) is 11.4 Å². The summed E-state index contributed by atoms with van der Waals surface area (Å²) in [6.07, 6.45) is 1.01. The van der Waals surface area contributed by atoms with Gasteiger partial charge in [0.2, 0.25) is 15.9 Å². The molecule has 0 spiro atoms. The first-order valence-electron chi connectivity index (χ1n) is 12.6. The average Bonchev–Trinajstić information content (AvgIpc) is 3.72. The van der Waals surface area contributed by atoms with E-state index < -0.39 is 22.2 Å². The monoisotopic (exact) mass is 529 g/mol. The highest BCUT2D eigenvalue weighted by atomic mass is 32.2. The van der Waals surface area contributed by atoms with Crippen LogP contribution in [0.1, 0.15) is 42.6 Å². The van der Waals surface area contributed by atoms with Gasteiger partial charge < -0.3 is 20.1 Å².